The van der Waals surface area contributed by atoms with Crippen molar-refractivity contribution in [1.29, 1.82) is 0 Å². The highest BCUT2D eigenvalue weighted by molar-refractivity contribution is 6.31. The minimum Gasteiger partial charge on any atom is -0.305 e. The highest BCUT2D eigenvalue weighted by Gasteiger charge is 2.10. The molecule has 1 amide bonds. The molecule has 0 saturated heterocycles. The maximum Gasteiger partial charge on any atom is 0.256 e. The van der Waals surface area contributed by atoms with E-state index in [1.807, 2.05) is 18.2 Å². The summed E-state index contributed by atoms with van der Waals surface area (Å²) in [6.45, 7) is 0. The lowest BCUT2D eigenvalue weighted by Gasteiger charge is -2.01. The SMILES string of the molecule is O=C(Nc1cc(-c2ccccn2)[nH]n1)c1cccc(Cl)c1. The molecule has 0 atom stereocenters. The van der Waals surface area contributed by atoms with E-state index < -0.39 is 0 Å². The van der Waals surface area contributed by atoms with Crippen molar-refractivity contribution in [3.63, 3.8) is 0 Å². The number of hydrogen-bond donors (Lipinski definition) is 2. The summed E-state index contributed by atoms with van der Waals surface area (Å²) in [6, 6.07) is 14.0. The Balaban J connectivity index is 1.77. The lowest BCUT2D eigenvalue weighted by atomic mass is 10.2. The highest BCUT2D eigenvalue weighted by Crippen LogP contribution is 2.18. The number of carbonyl (C=O) groups excluding carboxylic acids is 1. The van der Waals surface area contributed by atoms with Crippen LogP contribution in [0.5, 0.6) is 0 Å². The van der Waals surface area contributed by atoms with E-state index in [1.165, 1.54) is 0 Å². The monoisotopic (exact) mass is 298 g/mol. The van der Waals surface area contributed by atoms with E-state index in [-0.39, 0.29) is 5.91 Å². The number of benzene rings is 1. The van der Waals surface area contributed by atoms with E-state index in [0.29, 0.717) is 16.4 Å². The molecule has 0 spiro atoms. The van der Waals surface area contributed by atoms with Gasteiger partial charge in [0.2, 0.25) is 0 Å². The first-order valence-corrected chi connectivity index (χ1v) is 6.64. The van der Waals surface area contributed by atoms with Gasteiger partial charge in [-0.2, -0.15) is 5.10 Å². The van der Waals surface area contributed by atoms with E-state index in [4.69, 9.17) is 11.6 Å². The Hall–Kier alpha value is -2.66. The van der Waals surface area contributed by atoms with Crippen molar-refractivity contribution in [3.8, 4) is 11.4 Å². The quantitative estimate of drug-likeness (QED) is 0.778. The van der Waals surface area contributed by atoms with Crippen LogP contribution in [0, 0.1) is 0 Å². The van der Waals surface area contributed by atoms with Crippen LogP contribution in [0.3, 0.4) is 0 Å². The summed E-state index contributed by atoms with van der Waals surface area (Å²) in [7, 11) is 0. The molecule has 0 saturated carbocycles. The summed E-state index contributed by atoms with van der Waals surface area (Å²) < 4.78 is 0. The molecule has 2 aromatic heterocycles. The van der Waals surface area contributed by atoms with Gasteiger partial charge in [0.25, 0.3) is 5.91 Å². The van der Waals surface area contributed by atoms with Crippen molar-refractivity contribution in [1.82, 2.24) is 15.2 Å². The Morgan fingerprint density at radius 3 is 2.81 bits per heavy atom. The van der Waals surface area contributed by atoms with Crippen LogP contribution in [0.25, 0.3) is 11.4 Å². The van der Waals surface area contributed by atoms with Crippen LogP contribution in [0.2, 0.25) is 5.02 Å². The number of aromatic amines is 1. The third-order valence-corrected chi connectivity index (χ3v) is 3.08. The van der Waals surface area contributed by atoms with E-state index in [9.17, 15) is 4.79 Å². The van der Waals surface area contributed by atoms with Crippen LogP contribution in [0.15, 0.2) is 54.7 Å². The maximum absolute atomic E-state index is 12.1. The fourth-order valence-corrected chi connectivity index (χ4v) is 2.05. The smallest absolute Gasteiger partial charge is 0.256 e. The minimum absolute atomic E-state index is 0.267. The maximum atomic E-state index is 12.1. The number of nitrogens with zero attached hydrogens (tertiary/aromatic N) is 2. The van der Waals surface area contributed by atoms with Gasteiger partial charge >= 0.3 is 0 Å². The molecule has 0 bridgehead atoms. The summed E-state index contributed by atoms with van der Waals surface area (Å²) >= 11 is 5.87. The average molecular weight is 299 g/mol. The number of carbonyl (C=O) groups is 1. The predicted molar refractivity (Wildman–Crippen MR) is 81.2 cm³/mol. The van der Waals surface area contributed by atoms with Crippen molar-refractivity contribution in [3.05, 3.63) is 65.3 Å². The Morgan fingerprint density at radius 2 is 2.05 bits per heavy atom. The number of halogens is 1. The molecule has 3 aromatic rings. The molecule has 0 radical (unpaired) electrons. The molecule has 3 rings (SSSR count). The summed E-state index contributed by atoms with van der Waals surface area (Å²) in [5.41, 5.74) is 1.97. The van der Waals surface area contributed by atoms with E-state index in [0.717, 1.165) is 11.4 Å². The number of pyridine rings is 1. The number of amides is 1. The molecule has 21 heavy (non-hydrogen) atoms. The molecule has 0 fully saturated rings. The molecular weight excluding hydrogens is 288 g/mol. The molecule has 0 aliphatic carbocycles. The van der Waals surface area contributed by atoms with Crippen molar-refractivity contribution in [2.75, 3.05) is 5.32 Å². The predicted octanol–water partition coefficient (Wildman–Crippen LogP) is 3.38. The first kappa shape index (κ1) is 13.3. The number of nitrogens with one attached hydrogen (secondary N) is 2. The number of aromatic nitrogens is 3. The standard InChI is InChI=1S/C15H11ClN4O/c16-11-5-3-4-10(8-11)15(21)18-14-9-13(19-20-14)12-6-1-2-7-17-12/h1-9H,(H2,18,19,20,21). The molecule has 0 aliphatic rings. The number of rotatable bonds is 3. The van der Waals surface area contributed by atoms with Crippen molar-refractivity contribution in [2.24, 2.45) is 0 Å². The topological polar surface area (TPSA) is 70.7 Å². The van der Waals surface area contributed by atoms with Gasteiger partial charge in [-0.25, -0.2) is 0 Å². The normalized spacial score (nSPS) is 10.3. The van der Waals surface area contributed by atoms with Crippen molar-refractivity contribution in [2.45, 2.75) is 0 Å². The van der Waals surface area contributed by atoms with Gasteiger partial charge in [-0.15, -0.1) is 0 Å². The van der Waals surface area contributed by atoms with E-state index in [1.54, 1.807) is 36.5 Å². The third kappa shape index (κ3) is 3.09. The Bertz CT molecular complexity index is 770. The van der Waals surface area contributed by atoms with Gasteiger partial charge in [0.05, 0.1) is 11.4 Å². The molecular formula is C15H11ClN4O. The van der Waals surface area contributed by atoms with Crippen molar-refractivity contribution < 1.29 is 4.79 Å². The number of hydrogen-bond acceptors (Lipinski definition) is 3. The Labute approximate surface area is 126 Å². The molecule has 0 aliphatic heterocycles. The van der Waals surface area contributed by atoms with Crippen LogP contribution < -0.4 is 5.32 Å². The Kier molecular flexibility index (Phi) is 3.66. The van der Waals surface area contributed by atoms with E-state index >= 15 is 0 Å². The lowest BCUT2D eigenvalue weighted by molar-refractivity contribution is 0.102. The summed E-state index contributed by atoms with van der Waals surface area (Å²) in [5, 5.41) is 10.1. The van der Waals surface area contributed by atoms with E-state index in [2.05, 4.69) is 20.5 Å². The molecule has 5 nitrogen and oxygen atoms in total. The van der Waals surface area contributed by atoms with Gasteiger partial charge in [-0.3, -0.25) is 14.9 Å². The molecule has 104 valence electrons. The van der Waals surface area contributed by atoms with Gasteiger partial charge in [-0.05, 0) is 30.3 Å². The first-order valence-electron chi connectivity index (χ1n) is 6.26. The lowest BCUT2D eigenvalue weighted by Crippen LogP contribution is -2.11. The summed E-state index contributed by atoms with van der Waals surface area (Å²) in [4.78, 5) is 16.3. The van der Waals surface area contributed by atoms with Crippen LogP contribution in [0.1, 0.15) is 10.4 Å². The average Bonchev–Trinajstić information content (AvgIpc) is 2.97. The highest BCUT2D eigenvalue weighted by atomic mass is 35.5. The van der Waals surface area contributed by atoms with Crippen molar-refractivity contribution >= 4 is 23.3 Å². The minimum atomic E-state index is -0.267. The first-order chi connectivity index (χ1) is 10.2. The third-order valence-electron chi connectivity index (χ3n) is 2.85. The van der Waals surface area contributed by atoms with Gasteiger partial charge in [-0.1, -0.05) is 23.7 Å². The fraction of sp³-hybridized carbons (Fsp3) is 0. The van der Waals surface area contributed by atoms with Crippen LogP contribution in [-0.2, 0) is 0 Å². The fourth-order valence-electron chi connectivity index (χ4n) is 1.86. The van der Waals surface area contributed by atoms with Gasteiger partial charge < -0.3 is 5.32 Å². The molecule has 0 unspecified atom stereocenters. The number of anilines is 1. The second kappa shape index (κ2) is 5.76. The zero-order valence-electron chi connectivity index (χ0n) is 10.9. The van der Waals surface area contributed by atoms with Gasteiger partial charge in [0, 0.05) is 22.8 Å². The Morgan fingerprint density at radius 1 is 1.14 bits per heavy atom. The molecule has 2 N–H and O–H groups in total. The summed E-state index contributed by atoms with van der Waals surface area (Å²) in [5.74, 6) is 0.164. The zero-order chi connectivity index (χ0) is 14.7. The largest absolute Gasteiger partial charge is 0.305 e. The van der Waals surface area contributed by atoms with Gasteiger partial charge in [0.15, 0.2) is 5.82 Å². The second-order valence-electron chi connectivity index (χ2n) is 4.35. The second-order valence-corrected chi connectivity index (χ2v) is 4.78. The van der Waals surface area contributed by atoms with Crippen LogP contribution in [0.4, 0.5) is 5.82 Å². The van der Waals surface area contributed by atoms with Gasteiger partial charge in [0.1, 0.15) is 0 Å². The summed E-state index contributed by atoms with van der Waals surface area (Å²) in [6.07, 6.45) is 1.69. The zero-order valence-corrected chi connectivity index (χ0v) is 11.6. The number of H-pyrrole nitrogens is 1. The van der Waals surface area contributed by atoms with Crippen LogP contribution in [-0.4, -0.2) is 21.1 Å². The molecule has 1 aromatic carbocycles. The molecule has 6 heteroatoms. The van der Waals surface area contributed by atoms with Crippen LogP contribution >= 0.6 is 11.6 Å². The molecule has 2 heterocycles.